The van der Waals surface area contributed by atoms with Crippen LogP contribution in [-0.4, -0.2) is 54.5 Å². The lowest BCUT2D eigenvalue weighted by Crippen LogP contribution is -2.46. The number of halogens is 3. The van der Waals surface area contributed by atoms with E-state index in [-0.39, 0.29) is 37.8 Å². The first-order valence-electron chi connectivity index (χ1n) is 6.51. The molecule has 2 aliphatic rings. The summed E-state index contributed by atoms with van der Waals surface area (Å²) in [6, 6.07) is 0. The minimum Gasteiger partial charge on any atom is -0.383 e. The summed E-state index contributed by atoms with van der Waals surface area (Å²) in [4.78, 5) is 13.6. The minimum absolute atomic E-state index is 0.0301. The summed E-state index contributed by atoms with van der Waals surface area (Å²) in [7, 11) is 0. The van der Waals surface area contributed by atoms with Gasteiger partial charge in [-0.3, -0.25) is 4.79 Å². The zero-order valence-corrected chi connectivity index (χ0v) is 10.5. The fraction of sp³-hybridized carbons (Fsp3) is 0.917. The quantitative estimate of drug-likeness (QED) is 0.827. The largest absolute Gasteiger partial charge is 0.414 e. The van der Waals surface area contributed by atoms with Crippen molar-refractivity contribution >= 4 is 5.91 Å². The third-order valence-corrected chi connectivity index (χ3v) is 3.91. The van der Waals surface area contributed by atoms with Crippen molar-refractivity contribution in [1.29, 1.82) is 0 Å². The lowest BCUT2D eigenvalue weighted by atomic mass is 9.90. The Kier molecular flexibility index (Phi) is 4.35. The molecule has 2 saturated heterocycles. The van der Waals surface area contributed by atoms with Crippen LogP contribution in [0.1, 0.15) is 19.3 Å². The molecule has 19 heavy (non-hydrogen) atoms. The van der Waals surface area contributed by atoms with Gasteiger partial charge in [-0.1, -0.05) is 0 Å². The predicted molar refractivity (Wildman–Crippen MR) is 60.3 cm³/mol. The van der Waals surface area contributed by atoms with E-state index >= 15 is 0 Å². The molecule has 2 heterocycles. The van der Waals surface area contributed by atoms with E-state index in [1.54, 1.807) is 4.90 Å². The van der Waals surface area contributed by atoms with Gasteiger partial charge in [0.15, 0.2) is 6.10 Å². The number of amides is 1. The molecule has 2 fully saturated rings. The third kappa shape index (κ3) is 3.39. The summed E-state index contributed by atoms with van der Waals surface area (Å²) in [5.74, 6) is -0.981. The maximum Gasteiger partial charge on any atom is 0.414 e. The highest BCUT2D eigenvalue weighted by molar-refractivity contribution is 5.79. The molecule has 0 aromatic rings. The van der Waals surface area contributed by atoms with Crippen molar-refractivity contribution in [1.82, 2.24) is 4.90 Å². The Balaban J connectivity index is 1.83. The van der Waals surface area contributed by atoms with Crippen molar-refractivity contribution < 1.29 is 27.8 Å². The van der Waals surface area contributed by atoms with Gasteiger partial charge in [0.25, 0.3) is 0 Å². The molecule has 110 valence electrons. The maximum absolute atomic E-state index is 12.4. The Morgan fingerprint density at radius 1 is 1.26 bits per heavy atom. The Hall–Kier alpha value is -0.820. The average Bonchev–Trinajstić information content (AvgIpc) is 2.90. The number of rotatable bonds is 2. The summed E-state index contributed by atoms with van der Waals surface area (Å²) in [6.45, 7) is 1.55. The normalized spacial score (nSPS) is 27.6. The topological polar surface area (TPSA) is 49.8 Å². The van der Waals surface area contributed by atoms with Crippen LogP contribution in [0.2, 0.25) is 0 Å². The molecular weight excluding hydrogens is 263 g/mol. The van der Waals surface area contributed by atoms with Gasteiger partial charge in [-0.15, -0.1) is 0 Å². The molecule has 7 heteroatoms. The van der Waals surface area contributed by atoms with Crippen molar-refractivity contribution in [2.45, 2.75) is 31.5 Å². The molecule has 0 aromatic carbocycles. The SMILES string of the molecule is O=C(C1CCOC1)N1CCC(C(O)C(F)(F)F)CC1. The Bertz CT molecular complexity index is 321. The van der Waals surface area contributed by atoms with E-state index in [9.17, 15) is 23.1 Å². The van der Waals surface area contributed by atoms with Gasteiger partial charge < -0.3 is 14.7 Å². The Morgan fingerprint density at radius 2 is 1.89 bits per heavy atom. The molecule has 0 aromatic heterocycles. The van der Waals surface area contributed by atoms with E-state index in [1.807, 2.05) is 0 Å². The molecule has 2 unspecified atom stereocenters. The second kappa shape index (κ2) is 5.66. The molecule has 1 amide bonds. The lowest BCUT2D eigenvalue weighted by Gasteiger charge is -2.35. The number of hydrogen-bond donors (Lipinski definition) is 1. The van der Waals surface area contributed by atoms with Crippen LogP contribution in [-0.2, 0) is 9.53 Å². The zero-order valence-electron chi connectivity index (χ0n) is 10.5. The summed E-state index contributed by atoms with van der Waals surface area (Å²) in [5.41, 5.74) is 0. The van der Waals surface area contributed by atoms with Crippen LogP contribution in [0, 0.1) is 11.8 Å². The molecule has 4 nitrogen and oxygen atoms in total. The van der Waals surface area contributed by atoms with Gasteiger partial charge in [0.05, 0.1) is 12.5 Å². The minimum atomic E-state index is -4.57. The number of nitrogens with zero attached hydrogens (tertiary/aromatic N) is 1. The number of carbonyl (C=O) groups excluding carboxylic acids is 1. The van der Waals surface area contributed by atoms with Crippen LogP contribution < -0.4 is 0 Å². The fourth-order valence-corrected chi connectivity index (χ4v) is 2.69. The van der Waals surface area contributed by atoms with Crippen LogP contribution >= 0.6 is 0 Å². The summed E-state index contributed by atoms with van der Waals surface area (Å²) in [5, 5.41) is 9.20. The van der Waals surface area contributed by atoms with Crippen LogP contribution in [0.5, 0.6) is 0 Å². The predicted octanol–water partition coefficient (Wildman–Crippen LogP) is 1.18. The first-order valence-corrected chi connectivity index (χ1v) is 6.51. The Labute approximate surface area is 109 Å². The number of ether oxygens (including phenoxy) is 1. The smallest absolute Gasteiger partial charge is 0.383 e. The molecule has 0 spiro atoms. The van der Waals surface area contributed by atoms with E-state index in [4.69, 9.17) is 4.74 Å². The van der Waals surface area contributed by atoms with Crippen molar-refractivity contribution in [3.05, 3.63) is 0 Å². The highest BCUT2D eigenvalue weighted by atomic mass is 19.4. The number of aliphatic hydroxyl groups is 1. The van der Waals surface area contributed by atoms with E-state index in [0.29, 0.717) is 19.6 Å². The van der Waals surface area contributed by atoms with Gasteiger partial charge in [-0.2, -0.15) is 13.2 Å². The monoisotopic (exact) mass is 281 g/mol. The summed E-state index contributed by atoms with van der Waals surface area (Å²) >= 11 is 0. The zero-order chi connectivity index (χ0) is 14.0. The van der Waals surface area contributed by atoms with Crippen molar-refractivity contribution in [2.75, 3.05) is 26.3 Å². The molecule has 0 saturated carbocycles. The molecule has 2 atom stereocenters. The first-order chi connectivity index (χ1) is 8.89. The van der Waals surface area contributed by atoms with Crippen molar-refractivity contribution in [2.24, 2.45) is 11.8 Å². The summed E-state index contributed by atoms with van der Waals surface area (Å²) < 4.78 is 42.3. The summed E-state index contributed by atoms with van der Waals surface area (Å²) in [6.07, 6.45) is -5.78. The van der Waals surface area contributed by atoms with E-state index < -0.39 is 18.2 Å². The van der Waals surface area contributed by atoms with Gasteiger partial charge in [0, 0.05) is 19.7 Å². The van der Waals surface area contributed by atoms with Crippen molar-refractivity contribution in [3.8, 4) is 0 Å². The van der Waals surface area contributed by atoms with Crippen LogP contribution in [0.15, 0.2) is 0 Å². The molecule has 2 rings (SSSR count). The van der Waals surface area contributed by atoms with Crippen molar-refractivity contribution in [3.63, 3.8) is 0 Å². The van der Waals surface area contributed by atoms with Gasteiger partial charge in [0.1, 0.15) is 0 Å². The van der Waals surface area contributed by atoms with E-state index in [1.165, 1.54) is 0 Å². The average molecular weight is 281 g/mol. The van der Waals surface area contributed by atoms with Gasteiger partial charge in [0.2, 0.25) is 5.91 Å². The second-order valence-electron chi connectivity index (χ2n) is 5.21. The molecular formula is C12H18F3NO3. The third-order valence-electron chi connectivity index (χ3n) is 3.91. The lowest BCUT2D eigenvalue weighted by molar-refractivity contribution is -0.223. The number of carbonyl (C=O) groups is 1. The van der Waals surface area contributed by atoms with Crippen LogP contribution in [0.25, 0.3) is 0 Å². The number of likely N-dealkylation sites (tertiary alicyclic amines) is 1. The fourth-order valence-electron chi connectivity index (χ4n) is 2.69. The molecule has 1 N–H and O–H groups in total. The van der Waals surface area contributed by atoms with Crippen LogP contribution in [0.4, 0.5) is 13.2 Å². The second-order valence-corrected chi connectivity index (χ2v) is 5.21. The highest BCUT2D eigenvalue weighted by Crippen LogP contribution is 2.32. The number of alkyl halides is 3. The van der Waals surface area contributed by atoms with E-state index in [0.717, 1.165) is 0 Å². The van der Waals surface area contributed by atoms with Gasteiger partial charge in [-0.05, 0) is 25.2 Å². The number of piperidine rings is 1. The number of aliphatic hydroxyl groups excluding tert-OH is 1. The molecule has 0 bridgehead atoms. The highest BCUT2D eigenvalue weighted by Gasteiger charge is 2.44. The first kappa shape index (κ1) is 14.6. The van der Waals surface area contributed by atoms with E-state index in [2.05, 4.69) is 0 Å². The van der Waals surface area contributed by atoms with Gasteiger partial charge >= 0.3 is 6.18 Å². The van der Waals surface area contributed by atoms with Crippen LogP contribution in [0.3, 0.4) is 0 Å². The van der Waals surface area contributed by atoms with Gasteiger partial charge in [-0.25, -0.2) is 0 Å². The molecule has 2 aliphatic heterocycles. The Morgan fingerprint density at radius 3 is 2.37 bits per heavy atom. The standard InChI is InChI=1S/C12H18F3NO3/c13-12(14,15)10(17)8-1-4-16(5-2-8)11(18)9-3-6-19-7-9/h8-10,17H,1-7H2. The number of hydrogen-bond acceptors (Lipinski definition) is 3. The molecule has 0 radical (unpaired) electrons. The maximum atomic E-state index is 12.4. The molecule has 0 aliphatic carbocycles.